The van der Waals surface area contributed by atoms with Gasteiger partial charge in [-0.25, -0.2) is 0 Å². The zero-order valence-electron chi connectivity index (χ0n) is 19.2. The smallest absolute Gasteiger partial charge is 0.375 e. The summed E-state index contributed by atoms with van der Waals surface area (Å²) in [4.78, 5) is 0. The molecule has 6 aromatic rings. The van der Waals surface area contributed by atoms with E-state index in [1.807, 2.05) is 11.3 Å². The van der Waals surface area contributed by atoms with Gasteiger partial charge in [0.05, 0.1) is 22.7 Å². The van der Waals surface area contributed by atoms with Crippen molar-refractivity contribution in [3.8, 4) is 27.9 Å². The summed E-state index contributed by atoms with van der Waals surface area (Å²) in [6.07, 6.45) is 4.55. The highest BCUT2D eigenvalue weighted by Gasteiger charge is 2.69. The Morgan fingerprint density at radius 1 is 0.771 bits per heavy atom. The van der Waals surface area contributed by atoms with Crippen LogP contribution in [-0.2, 0) is 11.1 Å². The molecule has 0 radical (unpaired) electrons. The number of fused-ring (bicyclic) bond motifs is 3. The molecule has 164 valence electrons. The predicted molar refractivity (Wildman–Crippen MR) is 135 cm³/mol. The number of hydrogen-bond donors (Lipinski definition) is 0. The van der Waals surface area contributed by atoms with Crippen molar-refractivity contribution in [1.29, 1.82) is 0 Å². The lowest BCUT2D eigenvalue weighted by molar-refractivity contribution is -0.960. The predicted octanol–water partition coefficient (Wildman–Crippen LogP) is 5.76. The first-order valence-corrected chi connectivity index (χ1v) is 13.0. The van der Waals surface area contributed by atoms with Crippen LogP contribution in [0.5, 0.6) is 11.5 Å². The summed E-state index contributed by atoms with van der Waals surface area (Å²) in [6.45, 7) is 4.75. The van der Waals surface area contributed by atoms with E-state index in [0.717, 1.165) is 11.5 Å². The van der Waals surface area contributed by atoms with Crippen LogP contribution in [0, 0.1) is 0 Å². The van der Waals surface area contributed by atoms with Crippen molar-refractivity contribution >= 4 is 33.1 Å². The van der Waals surface area contributed by atoms with Crippen LogP contribution in [-0.4, -0.2) is 4.57 Å². The van der Waals surface area contributed by atoms with E-state index < -0.39 is 5.66 Å². The monoisotopic (exact) mass is 469 g/mol. The van der Waals surface area contributed by atoms with Gasteiger partial charge in [0.25, 0.3) is 10.8 Å². The average Bonchev–Trinajstić information content (AvgIpc) is 3.56. The van der Waals surface area contributed by atoms with Crippen molar-refractivity contribution in [2.75, 3.05) is 0 Å². The Labute approximate surface area is 204 Å². The number of aromatic nitrogens is 3. The van der Waals surface area contributed by atoms with E-state index in [9.17, 15) is 0 Å². The summed E-state index contributed by atoms with van der Waals surface area (Å²) in [5.74, 6) is 3.17. The number of hydrogen-bond acceptors (Lipinski definition) is 2. The fourth-order valence-electron chi connectivity index (χ4n) is 7.62. The number of benzene rings is 3. The van der Waals surface area contributed by atoms with E-state index in [0.29, 0.717) is 0 Å². The largest absolute Gasteiger partial charge is 0.456 e. The van der Waals surface area contributed by atoms with Gasteiger partial charge in [-0.3, -0.25) is 0 Å². The van der Waals surface area contributed by atoms with E-state index in [-0.39, 0.29) is 5.41 Å². The lowest BCUT2D eigenvalue weighted by Gasteiger charge is -2.38. The molecule has 0 fully saturated rings. The molecular formula is C30H19N3OS+2. The topological polar surface area (TPSA) is 21.9 Å². The Morgan fingerprint density at radius 2 is 1.60 bits per heavy atom. The van der Waals surface area contributed by atoms with Crippen LogP contribution in [0.2, 0.25) is 0 Å². The second kappa shape index (κ2) is 5.02. The molecule has 1 spiro atoms. The highest BCUT2D eigenvalue weighted by molar-refractivity contribution is 7.12. The van der Waals surface area contributed by atoms with E-state index in [1.165, 1.54) is 60.4 Å². The van der Waals surface area contributed by atoms with Crippen molar-refractivity contribution in [3.05, 3.63) is 101 Å². The maximum Gasteiger partial charge on any atom is 0.375 e. The van der Waals surface area contributed by atoms with Crippen molar-refractivity contribution in [2.45, 2.75) is 24.9 Å². The first-order chi connectivity index (χ1) is 17.1. The molecule has 3 aromatic carbocycles. The molecule has 5 heteroatoms. The van der Waals surface area contributed by atoms with E-state index in [2.05, 4.69) is 106 Å². The molecule has 4 nitrogen and oxygen atoms in total. The highest BCUT2D eigenvalue weighted by Crippen LogP contribution is 2.59. The van der Waals surface area contributed by atoms with Crippen LogP contribution >= 0.6 is 11.3 Å². The van der Waals surface area contributed by atoms with Crippen molar-refractivity contribution in [3.63, 3.8) is 0 Å². The van der Waals surface area contributed by atoms with Crippen LogP contribution in [0.1, 0.15) is 36.1 Å². The number of nitrogens with zero attached hydrogens (tertiary/aromatic N) is 3. The van der Waals surface area contributed by atoms with Gasteiger partial charge in [0, 0.05) is 21.8 Å². The summed E-state index contributed by atoms with van der Waals surface area (Å²) in [6, 6.07) is 22.4. The normalized spacial score (nSPS) is 20.3. The van der Waals surface area contributed by atoms with Crippen LogP contribution in [0.4, 0.5) is 0 Å². The Kier molecular flexibility index (Phi) is 2.51. The number of ether oxygens (including phenoxy) is 1. The minimum absolute atomic E-state index is 0.118. The lowest BCUT2D eigenvalue weighted by Crippen LogP contribution is -2.75. The third kappa shape index (κ3) is 1.51. The summed E-state index contributed by atoms with van der Waals surface area (Å²) >= 11 is 1.81. The maximum absolute atomic E-state index is 6.69. The molecular weight excluding hydrogens is 450 g/mol. The van der Waals surface area contributed by atoms with Gasteiger partial charge >= 0.3 is 5.66 Å². The van der Waals surface area contributed by atoms with Crippen LogP contribution in [0.25, 0.3) is 38.2 Å². The molecule has 1 unspecified atom stereocenters. The molecule has 10 rings (SSSR count). The first-order valence-electron chi connectivity index (χ1n) is 12.1. The van der Waals surface area contributed by atoms with Crippen LogP contribution in [0.3, 0.4) is 0 Å². The molecule has 7 heterocycles. The second-order valence-electron chi connectivity index (χ2n) is 10.6. The number of thiazole rings is 1. The lowest BCUT2D eigenvalue weighted by atomic mass is 9.75. The summed E-state index contributed by atoms with van der Waals surface area (Å²) in [5, 5.41) is 6.12. The van der Waals surface area contributed by atoms with Gasteiger partial charge in [0.2, 0.25) is 0 Å². The molecule has 4 aliphatic heterocycles. The van der Waals surface area contributed by atoms with Gasteiger partial charge in [-0.05, 0) is 42.5 Å². The van der Waals surface area contributed by atoms with Gasteiger partial charge in [0.15, 0.2) is 17.3 Å². The Hall–Kier alpha value is -3.96. The molecule has 35 heavy (non-hydrogen) atoms. The van der Waals surface area contributed by atoms with Crippen molar-refractivity contribution in [2.24, 2.45) is 0 Å². The van der Waals surface area contributed by atoms with Gasteiger partial charge in [-0.15, -0.1) is 4.57 Å². The Morgan fingerprint density at radius 3 is 2.54 bits per heavy atom. The molecule has 0 aliphatic carbocycles. The fourth-order valence-corrected chi connectivity index (χ4v) is 8.54. The quantitative estimate of drug-likeness (QED) is 0.259. The van der Waals surface area contributed by atoms with Crippen LogP contribution in [0.15, 0.2) is 78.4 Å². The van der Waals surface area contributed by atoms with Gasteiger partial charge in [-0.2, -0.15) is 9.13 Å². The SMILES string of the molecule is CC1(C)c2ccc[n+]3c2-n2c4c1cccc4c1ccc4c(c12)C31c2c(cccc2-c2scc[n+]21)O4. The minimum atomic E-state index is -0.516. The molecule has 4 aliphatic rings. The maximum atomic E-state index is 6.69. The molecule has 0 saturated heterocycles. The molecule has 0 saturated carbocycles. The van der Waals surface area contributed by atoms with E-state index in [1.54, 1.807) is 0 Å². The Balaban J connectivity index is 1.60. The molecule has 0 bridgehead atoms. The zero-order chi connectivity index (χ0) is 22.8. The fraction of sp³-hybridized carbons (Fsp3) is 0.133. The van der Waals surface area contributed by atoms with Crippen molar-refractivity contribution < 1.29 is 13.9 Å². The van der Waals surface area contributed by atoms with E-state index in [4.69, 9.17) is 4.74 Å². The third-order valence-electron chi connectivity index (χ3n) is 8.92. The average molecular weight is 470 g/mol. The van der Waals surface area contributed by atoms with E-state index >= 15 is 0 Å². The second-order valence-corrected chi connectivity index (χ2v) is 11.5. The first kappa shape index (κ1) is 17.5. The molecule has 3 aromatic heterocycles. The number of rotatable bonds is 0. The van der Waals surface area contributed by atoms with Gasteiger partial charge < -0.3 is 4.74 Å². The molecule has 1 atom stereocenters. The summed E-state index contributed by atoms with van der Waals surface area (Å²) in [7, 11) is 0. The molecule has 0 amide bonds. The number of para-hydroxylation sites is 1. The number of pyridine rings is 1. The zero-order valence-corrected chi connectivity index (χ0v) is 20.0. The summed E-state index contributed by atoms with van der Waals surface area (Å²) in [5.41, 5.74) is 8.48. The minimum Gasteiger partial charge on any atom is -0.456 e. The Bertz CT molecular complexity index is 2030. The standard InChI is InChI=1S/C30H19N3OS/c1-29(2)19-8-3-6-16-17-11-12-22-24-26(17)33(25(16)19)27-20(29)9-5-13-31(27)30(24)23-18(7-4-10-21(23)34-22)28-32(30)14-15-35-28/h3-15H,1-2H3/q+2. The van der Waals surface area contributed by atoms with Gasteiger partial charge in [-0.1, -0.05) is 43.4 Å². The molecule has 0 N–H and O–H groups in total. The van der Waals surface area contributed by atoms with Gasteiger partial charge in [0.1, 0.15) is 22.6 Å². The van der Waals surface area contributed by atoms with Crippen LogP contribution < -0.4 is 13.9 Å². The highest BCUT2D eigenvalue weighted by atomic mass is 32.1. The summed E-state index contributed by atoms with van der Waals surface area (Å²) < 4.78 is 14.3. The van der Waals surface area contributed by atoms with Crippen molar-refractivity contribution in [1.82, 2.24) is 4.57 Å². The third-order valence-corrected chi connectivity index (χ3v) is 9.82.